The third-order valence-corrected chi connectivity index (χ3v) is 3.93. The van der Waals surface area contributed by atoms with Gasteiger partial charge in [0.05, 0.1) is 16.8 Å². The summed E-state index contributed by atoms with van der Waals surface area (Å²) in [4.78, 5) is 42.3. The van der Waals surface area contributed by atoms with Crippen LogP contribution in [0.25, 0.3) is 11.4 Å². The summed E-state index contributed by atoms with van der Waals surface area (Å²) in [5.41, 5.74) is 0.524. The van der Waals surface area contributed by atoms with Crippen LogP contribution in [-0.2, 0) is 11.3 Å². The van der Waals surface area contributed by atoms with Gasteiger partial charge < -0.3 is 5.32 Å². The fourth-order valence-electron chi connectivity index (χ4n) is 2.03. The molecule has 3 aromatic heterocycles. The number of hydrogen-bond donors (Lipinski definition) is 1. The van der Waals surface area contributed by atoms with Crippen LogP contribution < -0.4 is 10.9 Å². The molecule has 126 valence electrons. The van der Waals surface area contributed by atoms with Gasteiger partial charge in [-0.05, 0) is 12.1 Å². The van der Waals surface area contributed by atoms with Crippen molar-refractivity contribution in [1.29, 1.82) is 0 Å². The zero-order chi connectivity index (χ0) is 17.8. The van der Waals surface area contributed by atoms with Gasteiger partial charge in [0, 0.05) is 23.7 Å². The molecule has 10 heteroatoms. The van der Waals surface area contributed by atoms with E-state index in [1.54, 1.807) is 23.7 Å². The summed E-state index contributed by atoms with van der Waals surface area (Å²) in [7, 11) is 0. The quantitative estimate of drug-likeness (QED) is 0.550. The van der Waals surface area contributed by atoms with Crippen LogP contribution in [0.3, 0.4) is 0 Å². The number of carbonyl (C=O) groups is 1. The molecule has 3 aromatic rings. The predicted octanol–water partition coefficient (Wildman–Crippen LogP) is 1.91. The second-order valence-corrected chi connectivity index (χ2v) is 5.77. The largest absolute Gasteiger partial charge is 0.300 e. The fraction of sp³-hybridized carbons (Fsp3) is 0.0667. The van der Waals surface area contributed by atoms with E-state index in [9.17, 15) is 19.7 Å². The van der Waals surface area contributed by atoms with Crippen LogP contribution in [0.4, 0.5) is 10.8 Å². The molecule has 25 heavy (non-hydrogen) atoms. The lowest BCUT2D eigenvalue weighted by Gasteiger charge is -2.04. The monoisotopic (exact) mass is 357 g/mol. The van der Waals surface area contributed by atoms with E-state index >= 15 is 0 Å². The molecule has 3 heterocycles. The minimum absolute atomic E-state index is 0.265. The summed E-state index contributed by atoms with van der Waals surface area (Å²) in [5.74, 6) is -0.510. The van der Waals surface area contributed by atoms with Gasteiger partial charge in [-0.1, -0.05) is 6.07 Å². The molecule has 0 saturated heterocycles. The molecule has 0 saturated carbocycles. The Bertz CT molecular complexity index is 983. The molecule has 0 aliphatic rings. The minimum Gasteiger partial charge on any atom is -0.300 e. The molecular formula is C15H11N5O4S. The van der Waals surface area contributed by atoms with Crippen molar-refractivity contribution in [2.75, 3.05) is 5.32 Å². The highest BCUT2D eigenvalue weighted by Crippen LogP contribution is 2.23. The molecule has 1 amide bonds. The van der Waals surface area contributed by atoms with Crippen molar-refractivity contribution in [1.82, 2.24) is 14.5 Å². The summed E-state index contributed by atoms with van der Waals surface area (Å²) < 4.78 is 0.973. The molecule has 0 aromatic carbocycles. The fourth-order valence-corrected chi connectivity index (χ4v) is 2.75. The van der Waals surface area contributed by atoms with Crippen molar-refractivity contribution in [2.45, 2.75) is 6.54 Å². The van der Waals surface area contributed by atoms with E-state index in [0.29, 0.717) is 16.5 Å². The van der Waals surface area contributed by atoms with E-state index in [4.69, 9.17) is 0 Å². The van der Waals surface area contributed by atoms with Gasteiger partial charge in [-0.3, -0.25) is 29.3 Å². The van der Waals surface area contributed by atoms with Crippen LogP contribution in [0.15, 0.2) is 52.9 Å². The maximum atomic E-state index is 12.1. The number of rotatable bonds is 5. The number of hydrogen-bond acceptors (Lipinski definition) is 7. The van der Waals surface area contributed by atoms with Gasteiger partial charge >= 0.3 is 0 Å². The number of carbonyl (C=O) groups excluding carboxylic acids is 1. The number of amides is 1. The Balaban J connectivity index is 1.71. The molecule has 1 N–H and O–H groups in total. The Kier molecular flexibility index (Phi) is 4.61. The van der Waals surface area contributed by atoms with E-state index in [1.165, 1.54) is 11.3 Å². The molecule has 0 radical (unpaired) electrons. The lowest BCUT2D eigenvalue weighted by atomic mass is 10.3. The average molecular weight is 357 g/mol. The zero-order valence-electron chi connectivity index (χ0n) is 12.7. The Hall–Kier alpha value is -3.40. The third-order valence-electron chi connectivity index (χ3n) is 3.17. The summed E-state index contributed by atoms with van der Waals surface area (Å²) in [6.45, 7) is -0.348. The van der Waals surface area contributed by atoms with Gasteiger partial charge in [-0.15, -0.1) is 11.3 Å². The van der Waals surface area contributed by atoms with E-state index in [-0.39, 0.29) is 12.2 Å². The molecule has 0 aliphatic heterocycles. The summed E-state index contributed by atoms with van der Waals surface area (Å²) in [5, 5.41) is 15.4. The molecule has 3 rings (SSSR count). The average Bonchev–Trinajstić information content (AvgIpc) is 3.06. The summed E-state index contributed by atoms with van der Waals surface area (Å²) in [6, 6.07) is 7.55. The Morgan fingerprint density at radius 2 is 2.12 bits per heavy atom. The SMILES string of the molecule is O=C(Cn1cc([N+](=O)[O-])ccc1=O)Nc1nc(-c2ccccn2)cs1. The highest BCUT2D eigenvalue weighted by molar-refractivity contribution is 7.14. The second kappa shape index (κ2) is 7.01. The standard InChI is InChI=1S/C15H11N5O4S/c21-13(8-19-7-10(20(23)24)4-5-14(19)22)18-15-17-12(9-25-15)11-3-1-2-6-16-11/h1-7,9H,8H2,(H,17,18,21). The highest BCUT2D eigenvalue weighted by Gasteiger charge is 2.12. The van der Waals surface area contributed by atoms with Crippen molar-refractivity contribution >= 4 is 28.1 Å². The lowest BCUT2D eigenvalue weighted by molar-refractivity contribution is -0.385. The maximum absolute atomic E-state index is 12.1. The first-order valence-corrected chi connectivity index (χ1v) is 7.92. The first kappa shape index (κ1) is 16.5. The number of nitro groups is 1. The van der Waals surface area contributed by atoms with E-state index in [1.807, 2.05) is 6.07 Å². The third kappa shape index (κ3) is 3.93. The van der Waals surface area contributed by atoms with Gasteiger partial charge in [0.15, 0.2) is 5.13 Å². The van der Waals surface area contributed by atoms with Crippen molar-refractivity contribution in [3.63, 3.8) is 0 Å². The normalized spacial score (nSPS) is 10.4. The van der Waals surface area contributed by atoms with Crippen LogP contribution >= 0.6 is 11.3 Å². The van der Waals surface area contributed by atoms with Crippen molar-refractivity contribution in [3.05, 3.63) is 68.6 Å². The Morgan fingerprint density at radius 3 is 2.84 bits per heavy atom. The minimum atomic E-state index is -0.631. The number of nitrogens with zero attached hydrogens (tertiary/aromatic N) is 4. The molecule has 0 fully saturated rings. The summed E-state index contributed by atoms with van der Waals surface area (Å²) >= 11 is 1.22. The Morgan fingerprint density at radius 1 is 1.28 bits per heavy atom. The van der Waals surface area contributed by atoms with E-state index in [0.717, 1.165) is 22.9 Å². The van der Waals surface area contributed by atoms with Crippen LogP contribution in [0.2, 0.25) is 0 Å². The lowest BCUT2D eigenvalue weighted by Crippen LogP contribution is -2.26. The maximum Gasteiger partial charge on any atom is 0.285 e. The topological polar surface area (TPSA) is 120 Å². The summed E-state index contributed by atoms with van der Waals surface area (Å²) in [6.07, 6.45) is 2.67. The van der Waals surface area contributed by atoms with E-state index in [2.05, 4.69) is 15.3 Å². The van der Waals surface area contributed by atoms with Gasteiger partial charge in [0.2, 0.25) is 5.91 Å². The number of anilines is 1. The molecule has 0 atom stereocenters. The zero-order valence-corrected chi connectivity index (χ0v) is 13.5. The second-order valence-electron chi connectivity index (χ2n) is 4.91. The number of nitrogens with one attached hydrogen (secondary N) is 1. The highest BCUT2D eigenvalue weighted by atomic mass is 32.1. The van der Waals surface area contributed by atoms with Crippen LogP contribution in [0.5, 0.6) is 0 Å². The first-order valence-electron chi connectivity index (χ1n) is 7.04. The Labute approximate surface area is 144 Å². The van der Waals surface area contributed by atoms with Gasteiger partial charge in [-0.2, -0.15) is 0 Å². The molecule has 9 nitrogen and oxygen atoms in total. The van der Waals surface area contributed by atoms with Gasteiger partial charge in [-0.25, -0.2) is 4.98 Å². The van der Waals surface area contributed by atoms with Crippen LogP contribution in [0.1, 0.15) is 0 Å². The van der Waals surface area contributed by atoms with Gasteiger partial charge in [0.25, 0.3) is 11.2 Å². The molecule has 0 unspecified atom stereocenters. The smallest absolute Gasteiger partial charge is 0.285 e. The van der Waals surface area contributed by atoms with Crippen LogP contribution in [-0.4, -0.2) is 25.4 Å². The van der Waals surface area contributed by atoms with Gasteiger partial charge in [0.1, 0.15) is 12.2 Å². The molecule has 0 spiro atoms. The first-order chi connectivity index (χ1) is 12.0. The van der Waals surface area contributed by atoms with Crippen LogP contribution in [0, 0.1) is 10.1 Å². The number of aromatic nitrogens is 3. The molecule has 0 aliphatic carbocycles. The van der Waals surface area contributed by atoms with Crippen molar-refractivity contribution in [2.24, 2.45) is 0 Å². The number of thiazole rings is 1. The molecular weight excluding hydrogens is 346 g/mol. The van der Waals surface area contributed by atoms with Crippen molar-refractivity contribution < 1.29 is 9.72 Å². The van der Waals surface area contributed by atoms with Crippen molar-refractivity contribution in [3.8, 4) is 11.4 Å². The predicted molar refractivity (Wildman–Crippen MR) is 91.3 cm³/mol. The number of pyridine rings is 2. The van der Waals surface area contributed by atoms with E-state index < -0.39 is 16.4 Å². The molecule has 0 bridgehead atoms.